The second kappa shape index (κ2) is 3.39. The molecule has 0 fully saturated rings. The Balaban J connectivity index is 4.13. The predicted octanol–water partition coefficient (Wildman–Crippen LogP) is 2.10. The Hall–Kier alpha value is 0.354. The van der Waals surface area contributed by atoms with Gasteiger partial charge in [0.15, 0.2) is 8.32 Å². The van der Waals surface area contributed by atoms with Gasteiger partial charge in [-0.15, -0.1) is 0 Å². The van der Waals surface area contributed by atoms with Crippen LogP contribution in [0.1, 0.15) is 0 Å². The zero-order chi connectivity index (χ0) is 9.28. The van der Waals surface area contributed by atoms with Gasteiger partial charge < -0.3 is 8.68 Å². The van der Waals surface area contributed by atoms with Crippen LogP contribution in [-0.4, -0.2) is 35.5 Å². The van der Waals surface area contributed by atoms with Gasteiger partial charge in [0.1, 0.15) is 0 Å². The molecule has 0 aromatic carbocycles. The van der Waals surface area contributed by atoms with Crippen LogP contribution < -0.4 is 0 Å². The molecule has 0 unspecified atom stereocenters. The summed E-state index contributed by atoms with van der Waals surface area (Å²) < 4.78 is 8.33. The van der Waals surface area contributed by atoms with Gasteiger partial charge in [0.05, 0.1) is 0 Å². The van der Waals surface area contributed by atoms with E-state index < -0.39 is 16.8 Å². The lowest BCUT2D eigenvalue weighted by molar-refractivity contribution is 0.442. The number of hydrogen-bond donors (Lipinski definition) is 0. The monoisotopic (exact) mass is 191 g/mol. The Kier molecular flexibility index (Phi) is 3.50. The van der Waals surface area contributed by atoms with Gasteiger partial charge in [0.25, 0.3) is 8.48 Å². The van der Waals surface area contributed by atoms with Gasteiger partial charge in [0, 0.05) is 0 Å². The first-order valence-corrected chi connectivity index (χ1v) is 10.3. The van der Waals surface area contributed by atoms with Gasteiger partial charge in [-0.3, -0.25) is 0 Å². The van der Waals surface area contributed by atoms with Crippen molar-refractivity contribution >= 4 is 16.8 Å². The van der Waals surface area contributed by atoms with Crippen LogP contribution in [0, 0.1) is 0 Å². The van der Waals surface area contributed by atoms with E-state index in [4.69, 9.17) is 4.12 Å². The minimum atomic E-state index is -1.52. The number of nitrogens with zero attached hydrogens (tertiary/aromatic N) is 1. The normalized spacial score (nSPS) is 14.2. The zero-order valence-electron chi connectivity index (χ0n) is 8.86. The lowest BCUT2D eigenvalue weighted by atomic mass is 11.3. The van der Waals surface area contributed by atoms with E-state index in [0.717, 1.165) is 0 Å². The molecular formula is C7H21NOSi2. The summed E-state index contributed by atoms with van der Waals surface area (Å²) in [5, 5.41) is 0. The predicted molar refractivity (Wildman–Crippen MR) is 55.6 cm³/mol. The molecule has 0 N–H and O–H groups in total. The third-order valence-corrected chi connectivity index (χ3v) is 8.23. The van der Waals surface area contributed by atoms with E-state index in [1.807, 2.05) is 0 Å². The summed E-state index contributed by atoms with van der Waals surface area (Å²) in [6.07, 6.45) is 0. The number of hydrogen-bond acceptors (Lipinski definition) is 2. The highest BCUT2D eigenvalue weighted by molar-refractivity contribution is 6.82. The van der Waals surface area contributed by atoms with E-state index in [1.165, 1.54) is 0 Å². The third kappa shape index (κ3) is 4.73. The Bertz CT molecular complexity index is 129. The van der Waals surface area contributed by atoms with Crippen molar-refractivity contribution in [1.29, 1.82) is 0 Å². The SMILES string of the molecule is CN(C)[Si](C)(C)O[Si](C)(C)C. The second-order valence-electron chi connectivity index (χ2n) is 4.56. The van der Waals surface area contributed by atoms with Crippen LogP contribution in [0.25, 0.3) is 0 Å². The molecule has 0 saturated carbocycles. The Morgan fingerprint density at radius 2 is 1.27 bits per heavy atom. The van der Waals surface area contributed by atoms with Gasteiger partial charge in [0.2, 0.25) is 0 Å². The van der Waals surface area contributed by atoms with Gasteiger partial charge in [-0.2, -0.15) is 0 Å². The molecule has 0 amide bonds. The number of rotatable bonds is 3. The van der Waals surface area contributed by atoms with E-state index in [9.17, 15) is 0 Å². The molecule has 0 aliphatic carbocycles. The molecular weight excluding hydrogens is 170 g/mol. The van der Waals surface area contributed by atoms with E-state index in [0.29, 0.717) is 0 Å². The maximum absolute atomic E-state index is 6.09. The molecule has 0 aliphatic rings. The largest absolute Gasteiger partial charge is 0.445 e. The van der Waals surface area contributed by atoms with Gasteiger partial charge in [-0.05, 0) is 46.8 Å². The molecule has 0 aromatic rings. The molecule has 0 heterocycles. The minimum Gasteiger partial charge on any atom is -0.445 e. The first-order chi connectivity index (χ1) is 4.65. The Morgan fingerprint density at radius 1 is 0.909 bits per heavy atom. The van der Waals surface area contributed by atoms with E-state index in [1.54, 1.807) is 0 Å². The second-order valence-corrected chi connectivity index (χ2v) is 13.4. The van der Waals surface area contributed by atoms with Gasteiger partial charge >= 0.3 is 0 Å². The fourth-order valence-electron chi connectivity index (χ4n) is 0.841. The first-order valence-electron chi connectivity index (χ1n) is 4.03. The quantitative estimate of drug-likeness (QED) is 0.634. The topological polar surface area (TPSA) is 12.5 Å². The molecule has 0 radical (unpaired) electrons. The van der Waals surface area contributed by atoms with Crippen molar-refractivity contribution in [2.75, 3.05) is 14.1 Å². The van der Waals surface area contributed by atoms with Crippen LogP contribution in [0.5, 0.6) is 0 Å². The van der Waals surface area contributed by atoms with Crippen molar-refractivity contribution in [3.63, 3.8) is 0 Å². The van der Waals surface area contributed by atoms with Crippen LogP contribution in [-0.2, 0) is 4.12 Å². The van der Waals surface area contributed by atoms with E-state index >= 15 is 0 Å². The summed E-state index contributed by atoms with van der Waals surface area (Å²) in [6.45, 7) is 11.2. The lowest BCUT2D eigenvalue weighted by Gasteiger charge is -2.35. The van der Waals surface area contributed by atoms with Crippen molar-refractivity contribution in [2.24, 2.45) is 0 Å². The van der Waals surface area contributed by atoms with E-state index in [2.05, 4.69) is 51.4 Å². The van der Waals surface area contributed by atoms with Crippen LogP contribution in [0.4, 0.5) is 0 Å². The maximum Gasteiger partial charge on any atom is 0.254 e. The fourth-order valence-corrected chi connectivity index (χ4v) is 7.57. The maximum atomic E-state index is 6.09. The van der Waals surface area contributed by atoms with Crippen molar-refractivity contribution < 1.29 is 4.12 Å². The summed E-state index contributed by atoms with van der Waals surface area (Å²) in [7, 11) is 1.35. The first kappa shape index (κ1) is 11.4. The molecule has 0 rings (SSSR count). The van der Waals surface area contributed by atoms with Crippen molar-refractivity contribution in [3.05, 3.63) is 0 Å². The van der Waals surface area contributed by atoms with Gasteiger partial charge in [-0.1, -0.05) is 0 Å². The molecule has 0 aromatic heterocycles. The zero-order valence-corrected chi connectivity index (χ0v) is 10.9. The summed E-state index contributed by atoms with van der Waals surface area (Å²) in [6, 6.07) is 0. The van der Waals surface area contributed by atoms with Crippen LogP contribution in [0.2, 0.25) is 32.7 Å². The lowest BCUT2D eigenvalue weighted by Crippen LogP contribution is -2.52. The van der Waals surface area contributed by atoms with Crippen molar-refractivity contribution in [1.82, 2.24) is 4.57 Å². The average Bonchev–Trinajstić information content (AvgIpc) is 1.56. The Labute approximate surface area is 72.9 Å². The van der Waals surface area contributed by atoms with Crippen molar-refractivity contribution in [2.45, 2.75) is 32.7 Å². The molecule has 0 atom stereocenters. The molecule has 0 bridgehead atoms. The molecule has 2 nitrogen and oxygen atoms in total. The summed E-state index contributed by atoms with van der Waals surface area (Å²) >= 11 is 0. The van der Waals surface area contributed by atoms with Crippen LogP contribution in [0.3, 0.4) is 0 Å². The molecule has 4 heteroatoms. The smallest absolute Gasteiger partial charge is 0.254 e. The molecule has 0 saturated heterocycles. The summed E-state index contributed by atoms with van der Waals surface area (Å²) in [5.74, 6) is 0. The summed E-state index contributed by atoms with van der Waals surface area (Å²) in [5.41, 5.74) is 0. The molecule has 68 valence electrons. The minimum absolute atomic E-state index is 1.34. The van der Waals surface area contributed by atoms with Crippen LogP contribution >= 0.6 is 0 Å². The molecule has 11 heavy (non-hydrogen) atoms. The highest BCUT2D eigenvalue weighted by Crippen LogP contribution is 2.15. The standard InChI is InChI=1S/C7H21NOSi2/c1-8(2)11(6,7)9-10(3,4)5/h1-7H3. The van der Waals surface area contributed by atoms with Crippen LogP contribution in [0.15, 0.2) is 0 Å². The molecule has 0 spiro atoms. The molecule has 0 aliphatic heterocycles. The van der Waals surface area contributed by atoms with Gasteiger partial charge in [-0.25, -0.2) is 0 Å². The summed E-state index contributed by atoms with van der Waals surface area (Å²) in [4.78, 5) is 0. The average molecular weight is 191 g/mol. The highest BCUT2D eigenvalue weighted by Gasteiger charge is 2.31. The van der Waals surface area contributed by atoms with E-state index in [-0.39, 0.29) is 0 Å². The fraction of sp³-hybridized carbons (Fsp3) is 1.00. The highest BCUT2D eigenvalue weighted by atomic mass is 28.4. The third-order valence-electron chi connectivity index (χ3n) is 1.63. The Morgan fingerprint density at radius 3 is 1.36 bits per heavy atom. The van der Waals surface area contributed by atoms with Crippen molar-refractivity contribution in [3.8, 4) is 0 Å².